The highest BCUT2D eigenvalue weighted by atomic mass is 35.5. The number of carbonyl (C=O) groups is 2. The van der Waals surface area contributed by atoms with Gasteiger partial charge in [0.2, 0.25) is 11.8 Å². The summed E-state index contributed by atoms with van der Waals surface area (Å²) in [5.74, 6) is -0.210. The molecule has 2 rings (SSSR count). The summed E-state index contributed by atoms with van der Waals surface area (Å²) >= 11 is 12.7. The Kier molecular flexibility index (Phi) is 5.91. The summed E-state index contributed by atoms with van der Waals surface area (Å²) in [5.41, 5.74) is 7.79. The van der Waals surface area contributed by atoms with E-state index >= 15 is 0 Å². The lowest BCUT2D eigenvalue weighted by Crippen LogP contribution is -2.32. The van der Waals surface area contributed by atoms with E-state index in [0.717, 1.165) is 11.1 Å². The highest BCUT2D eigenvalue weighted by Gasteiger charge is 2.20. The molecule has 0 aromatic heterocycles. The zero-order valence-electron chi connectivity index (χ0n) is 13.4. The lowest BCUT2D eigenvalue weighted by molar-refractivity contribution is -0.128. The Bertz CT molecular complexity index is 729. The number of hydrogen-bond donors (Lipinski definition) is 2. The number of nitrogens with one attached hydrogen (secondary N) is 1. The van der Waals surface area contributed by atoms with Crippen molar-refractivity contribution in [2.75, 3.05) is 13.1 Å². The van der Waals surface area contributed by atoms with Crippen molar-refractivity contribution in [3.8, 4) is 0 Å². The number of rotatable bonds is 4. The quantitative estimate of drug-likeness (QED) is 0.858. The molecule has 0 fully saturated rings. The summed E-state index contributed by atoms with van der Waals surface area (Å²) < 4.78 is 0. The maximum absolute atomic E-state index is 11.9. The molecule has 0 atom stereocenters. The molecule has 5 nitrogen and oxygen atoms in total. The molecule has 0 aliphatic carbocycles. The van der Waals surface area contributed by atoms with Gasteiger partial charge in [0, 0.05) is 25.0 Å². The minimum Gasteiger partial charge on any atom is -0.386 e. The highest BCUT2D eigenvalue weighted by molar-refractivity contribution is 6.37. The van der Waals surface area contributed by atoms with E-state index in [9.17, 15) is 9.59 Å². The van der Waals surface area contributed by atoms with Crippen LogP contribution in [0.15, 0.2) is 30.6 Å². The van der Waals surface area contributed by atoms with Gasteiger partial charge in [0.25, 0.3) is 0 Å². The average molecular weight is 368 g/mol. The van der Waals surface area contributed by atoms with Crippen molar-refractivity contribution in [3.63, 3.8) is 0 Å². The maximum Gasteiger partial charge on any atom is 0.229 e. The first-order valence-electron chi connectivity index (χ1n) is 7.45. The zero-order chi connectivity index (χ0) is 17.9. The second kappa shape index (κ2) is 7.73. The number of carbonyl (C=O) groups excluding carboxylic acids is 2. The van der Waals surface area contributed by atoms with Crippen LogP contribution in [0.2, 0.25) is 10.0 Å². The summed E-state index contributed by atoms with van der Waals surface area (Å²) in [6, 6.07) is 3.56. The Labute approximate surface area is 151 Å². The molecular weight excluding hydrogens is 349 g/mol. The van der Waals surface area contributed by atoms with Crippen LogP contribution in [0.1, 0.15) is 24.5 Å². The average Bonchev–Trinajstić information content (AvgIpc) is 2.51. The second-order valence-electron chi connectivity index (χ2n) is 5.58. The zero-order valence-corrected chi connectivity index (χ0v) is 14.9. The summed E-state index contributed by atoms with van der Waals surface area (Å²) in [6.07, 6.45) is 2.69. The smallest absolute Gasteiger partial charge is 0.229 e. The number of benzene rings is 1. The van der Waals surface area contributed by atoms with Crippen molar-refractivity contribution in [2.24, 2.45) is 5.73 Å². The number of nitrogens with two attached hydrogens (primary N) is 1. The molecule has 0 radical (unpaired) electrons. The van der Waals surface area contributed by atoms with Crippen LogP contribution >= 0.6 is 23.2 Å². The Morgan fingerprint density at radius 1 is 1.38 bits per heavy atom. The fourth-order valence-electron chi connectivity index (χ4n) is 2.59. The van der Waals surface area contributed by atoms with E-state index in [2.05, 4.69) is 11.9 Å². The van der Waals surface area contributed by atoms with E-state index in [4.69, 9.17) is 28.9 Å². The molecule has 1 aromatic rings. The van der Waals surface area contributed by atoms with E-state index in [0.29, 0.717) is 35.1 Å². The van der Waals surface area contributed by atoms with E-state index < -0.39 is 0 Å². The van der Waals surface area contributed by atoms with Crippen LogP contribution in [0, 0.1) is 0 Å². The van der Waals surface area contributed by atoms with E-state index in [-0.39, 0.29) is 24.1 Å². The number of hydrogen-bond acceptors (Lipinski definition) is 3. The van der Waals surface area contributed by atoms with Gasteiger partial charge in [-0.25, -0.2) is 0 Å². The first-order chi connectivity index (χ1) is 11.3. The molecule has 1 aliphatic heterocycles. The van der Waals surface area contributed by atoms with Crippen LogP contribution in [-0.4, -0.2) is 29.8 Å². The largest absolute Gasteiger partial charge is 0.386 e. The molecule has 0 unspecified atom stereocenters. The van der Waals surface area contributed by atoms with Crippen LogP contribution in [0.5, 0.6) is 0 Å². The summed E-state index contributed by atoms with van der Waals surface area (Å²) in [7, 11) is 0. The molecule has 0 bridgehead atoms. The van der Waals surface area contributed by atoms with Gasteiger partial charge in [0.1, 0.15) is 0 Å². The van der Waals surface area contributed by atoms with Gasteiger partial charge >= 0.3 is 0 Å². The van der Waals surface area contributed by atoms with E-state index in [1.807, 2.05) is 12.1 Å². The molecule has 0 saturated carbocycles. The molecule has 1 aliphatic rings. The topological polar surface area (TPSA) is 75.4 Å². The van der Waals surface area contributed by atoms with Gasteiger partial charge in [0.05, 0.1) is 17.3 Å². The van der Waals surface area contributed by atoms with E-state index in [1.54, 1.807) is 17.9 Å². The third-order valence-corrected chi connectivity index (χ3v) is 4.61. The first-order valence-corrected chi connectivity index (χ1v) is 8.21. The van der Waals surface area contributed by atoms with Crippen LogP contribution < -0.4 is 11.1 Å². The lowest BCUT2D eigenvalue weighted by Gasteiger charge is -2.26. The van der Waals surface area contributed by atoms with Gasteiger partial charge in [-0.15, -0.1) is 0 Å². The fourth-order valence-corrected chi connectivity index (χ4v) is 3.22. The third-order valence-electron chi connectivity index (χ3n) is 3.82. The van der Waals surface area contributed by atoms with Crippen LogP contribution in [0.4, 0.5) is 0 Å². The molecule has 0 spiro atoms. The number of halogens is 2. The normalized spacial score (nSPS) is 14.1. The maximum atomic E-state index is 11.9. The predicted molar refractivity (Wildman–Crippen MR) is 96.5 cm³/mol. The molecular formula is C17H19Cl2N3O2. The van der Waals surface area contributed by atoms with Crippen LogP contribution in [0.25, 0.3) is 5.57 Å². The Balaban J connectivity index is 2.27. The van der Waals surface area contributed by atoms with Crippen LogP contribution in [-0.2, 0) is 16.0 Å². The SMILES string of the molecule is C=C(N)NC(=O)Cc1c(Cl)ccc(C2=CCN(C(C)=O)CC2)c1Cl. The first kappa shape index (κ1) is 18.4. The molecule has 128 valence electrons. The number of nitrogens with zero attached hydrogens (tertiary/aromatic N) is 1. The third kappa shape index (κ3) is 4.30. The molecule has 2 amide bonds. The van der Waals surface area contributed by atoms with Crippen molar-refractivity contribution < 1.29 is 9.59 Å². The van der Waals surface area contributed by atoms with Gasteiger partial charge in [-0.3, -0.25) is 9.59 Å². The van der Waals surface area contributed by atoms with Gasteiger partial charge in [0.15, 0.2) is 0 Å². The number of amides is 2. The van der Waals surface area contributed by atoms with Gasteiger partial charge in [-0.05, 0) is 29.2 Å². The van der Waals surface area contributed by atoms with Gasteiger partial charge < -0.3 is 16.0 Å². The van der Waals surface area contributed by atoms with Crippen molar-refractivity contribution in [2.45, 2.75) is 19.8 Å². The Morgan fingerprint density at radius 3 is 2.62 bits per heavy atom. The van der Waals surface area contributed by atoms with Crippen molar-refractivity contribution in [3.05, 3.63) is 51.8 Å². The molecule has 7 heteroatoms. The molecule has 0 saturated heterocycles. The van der Waals surface area contributed by atoms with E-state index in [1.165, 1.54) is 0 Å². The summed E-state index contributed by atoms with van der Waals surface area (Å²) in [6.45, 7) is 6.17. The predicted octanol–water partition coefficient (Wildman–Crippen LogP) is 2.72. The Morgan fingerprint density at radius 2 is 2.08 bits per heavy atom. The lowest BCUT2D eigenvalue weighted by atomic mass is 9.96. The monoisotopic (exact) mass is 367 g/mol. The highest BCUT2D eigenvalue weighted by Crippen LogP contribution is 2.35. The van der Waals surface area contributed by atoms with Gasteiger partial charge in [-0.2, -0.15) is 0 Å². The fraction of sp³-hybridized carbons (Fsp3) is 0.294. The molecule has 24 heavy (non-hydrogen) atoms. The Hall–Kier alpha value is -1.98. The molecule has 3 N–H and O–H groups in total. The standard InChI is InChI=1S/C17H19Cl2N3O2/c1-10(20)21-16(24)9-14-15(18)4-3-13(17(14)19)12-5-7-22(8-6-12)11(2)23/h3-5H,1,6-9,20H2,2H3,(H,21,24). The van der Waals surface area contributed by atoms with Crippen molar-refractivity contribution in [1.82, 2.24) is 10.2 Å². The van der Waals surface area contributed by atoms with Crippen molar-refractivity contribution in [1.29, 1.82) is 0 Å². The van der Waals surface area contributed by atoms with Crippen molar-refractivity contribution >= 4 is 40.6 Å². The molecule has 1 heterocycles. The second-order valence-corrected chi connectivity index (χ2v) is 6.37. The summed E-state index contributed by atoms with van der Waals surface area (Å²) in [5, 5.41) is 3.30. The minimum atomic E-state index is -0.330. The van der Waals surface area contributed by atoms with Crippen LogP contribution in [0.3, 0.4) is 0 Å². The van der Waals surface area contributed by atoms with Gasteiger partial charge in [-0.1, -0.05) is 41.9 Å². The minimum absolute atomic E-state index is 0.00851. The molecule has 1 aromatic carbocycles. The summed E-state index contributed by atoms with van der Waals surface area (Å²) in [4.78, 5) is 25.1.